The Hall–Kier alpha value is -2.91. The quantitative estimate of drug-likeness (QED) is 0.877. The third-order valence-corrected chi connectivity index (χ3v) is 4.20. The minimum absolute atomic E-state index is 0.0831. The van der Waals surface area contributed by atoms with Crippen molar-refractivity contribution in [1.82, 2.24) is 0 Å². The minimum atomic E-state index is -0.567. The first-order chi connectivity index (χ1) is 12.0. The molecule has 2 N–H and O–H groups in total. The van der Waals surface area contributed by atoms with Gasteiger partial charge in [0.15, 0.2) is 0 Å². The molecule has 1 aliphatic rings. The molecule has 3 rings (SSSR count). The van der Waals surface area contributed by atoms with Crippen LogP contribution in [0.3, 0.4) is 0 Å². The van der Waals surface area contributed by atoms with Gasteiger partial charge in [0.2, 0.25) is 11.8 Å². The number of amides is 2. The molecule has 126 valence electrons. The Morgan fingerprint density at radius 2 is 1.72 bits per heavy atom. The van der Waals surface area contributed by atoms with E-state index in [1.807, 2.05) is 6.07 Å². The molecule has 7 heteroatoms. The third-order valence-electron chi connectivity index (χ3n) is 3.91. The Morgan fingerprint density at radius 1 is 1.08 bits per heavy atom. The van der Waals surface area contributed by atoms with Crippen LogP contribution in [0.2, 0.25) is 5.02 Å². The highest BCUT2D eigenvalue weighted by Gasteiger charge is 2.48. The number of benzene rings is 2. The van der Waals surface area contributed by atoms with Crippen LogP contribution in [-0.2, 0) is 9.59 Å². The van der Waals surface area contributed by atoms with E-state index >= 15 is 0 Å². The van der Waals surface area contributed by atoms with Crippen LogP contribution in [0.15, 0.2) is 42.5 Å². The minimum Gasteiger partial charge on any atom is -0.326 e. The standard InChI is InChI=1S/C18H13ClFN3O2/c19-15-7-12(4-5-16(15)20)23-18(25)14-8-13(14)17(24)22-11-3-1-2-10(6-11)9-21/h1-7,13-14H,8H2,(H,22,24)(H,23,25). The second-order valence-electron chi connectivity index (χ2n) is 5.75. The zero-order valence-corrected chi connectivity index (χ0v) is 13.7. The lowest BCUT2D eigenvalue weighted by Crippen LogP contribution is -2.20. The number of carbonyl (C=O) groups excluding carboxylic acids is 2. The molecule has 0 spiro atoms. The molecule has 0 bridgehead atoms. The molecule has 0 radical (unpaired) electrons. The van der Waals surface area contributed by atoms with Crippen molar-refractivity contribution in [1.29, 1.82) is 5.26 Å². The predicted molar refractivity (Wildman–Crippen MR) is 91.4 cm³/mol. The fraction of sp³-hybridized carbons (Fsp3) is 0.167. The zero-order valence-electron chi connectivity index (χ0n) is 12.9. The van der Waals surface area contributed by atoms with Crippen LogP contribution < -0.4 is 10.6 Å². The Bertz CT molecular complexity index is 894. The van der Waals surface area contributed by atoms with Gasteiger partial charge in [-0.3, -0.25) is 9.59 Å². The Morgan fingerprint density at radius 3 is 2.32 bits per heavy atom. The SMILES string of the molecule is N#Cc1cccc(NC(=O)C2CC2C(=O)Nc2ccc(F)c(Cl)c2)c1. The average molecular weight is 358 g/mol. The number of nitrogens with one attached hydrogen (secondary N) is 2. The number of rotatable bonds is 4. The number of nitrogens with zero attached hydrogens (tertiary/aromatic N) is 1. The van der Waals surface area contributed by atoms with Gasteiger partial charge in [-0.2, -0.15) is 5.26 Å². The molecule has 2 aromatic carbocycles. The monoisotopic (exact) mass is 357 g/mol. The Balaban J connectivity index is 1.57. The van der Waals surface area contributed by atoms with Gasteiger partial charge in [-0.25, -0.2) is 4.39 Å². The first-order valence-electron chi connectivity index (χ1n) is 7.55. The topological polar surface area (TPSA) is 82.0 Å². The zero-order chi connectivity index (χ0) is 18.0. The van der Waals surface area contributed by atoms with E-state index in [1.165, 1.54) is 12.1 Å². The van der Waals surface area contributed by atoms with Gasteiger partial charge >= 0.3 is 0 Å². The summed E-state index contributed by atoms with van der Waals surface area (Å²) in [5, 5.41) is 14.1. The van der Waals surface area contributed by atoms with Gasteiger partial charge < -0.3 is 10.6 Å². The van der Waals surface area contributed by atoms with Crippen molar-refractivity contribution in [3.63, 3.8) is 0 Å². The van der Waals surface area contributed by atoms with E-state index in [9.17, 15) is 14.0 Å². The number of nitriles is 1. The van der Waals surface area contributed by atoms with Crippen LogP contribution in [-0.4, -0.2) is 11.8 Å². The predicted octanol–water partition coefficient (Wildman–Crippen LogP) is 3.56. The van der Waals surface area contributed by atoms with Crippen LogP contribution in [0.25, 0.3) is 0 Å². The lowest BCUT2D eigenvalue weighted by atomic mass is 10.2. The summed E-state index contributed by atoms with van der Waals surface area (Å²) < 4.78 is 13.1. The molecule has 5 nitrogen and oxygen atoms in total. The molecule has 2 amide bonds. The smallest absolute Gasteiger partial charge is 0.228 e. The van der Waals surface area contributed by atoms with Crippen molar-refractivity contribution in [2.45, 2.75) is 6.42 Å². The summed E-state index contributed by atoms with van der Waals surface area (Å²) in [4.78, 5) is 24.4. The number of halogens is 2. The summed E-state index contributed by atoms with van der Waals surface area (Å²) in [5.41, 5.74) is 1.33. The number of hydrogen-bond donors (Lipinski definition) is 2. The number of carbonyl (C=O) groups is 2. The summed E-state index contributed by atoms with van der Waals surface area (Å²) in [6, 6.07) is 12.4. The van der Waals surface area contributed by atoms with Gasteiger partial charge in [0.1, 0.15) is 5.82 Å². The molecule has 0 heterocycles. The van der Waals surface area contributed by atoms with Crippen molar-refractivity contribution >= 4 is 34.8 Å². The van der Waals surface area contributed by atoms with Crippen molar-refractivity contribution in [3.8, 4) is 6.07 Å². The van der Waals surface area contributed by atoms with Crippen molar-refractivity contribution in [3.05, 3.63) is 58.9 Å². The maximum Gasteiger partial charge on any atom is 0.228 e. The highest BCUT2D eigenvalue weighted by Crippen LogP contribution is 2.40. The maximum absolute atomic E-state index is 13.1. The van der Waals surface area contributed by atoms with E-state index in [0.717, 1.165) is 6.07 Å². The lowest BCUT2D eigenvalue weighted by Gasteiger charge is -2.07. The molecular formula is C18H13ClFN3O2. The Kier molecular flexibility index (Phi) is 4.68. The Labute approximate surface area is 148 Å². The second kappa shape index (κ2) is 6.91. The first kappa shape index (κ1) is 16.9. The summed E-state index contributed by atoms with van der Waals surface area (Å²) in [6.45, 7) is 0. The normalized spacial score (nSPS) is 18.1. The van der Waals surface area contributed by atoms with E-state index in [2.05, 4.69) is 10.6 Å². The molecule has 1 saturated carbocycles. The molecular weight excluding hydrogens is 345 g/mol. The third kappa shape index (κ3) is 3.95. The lowest BCUT2D eigenvalue weighted by molar-refractivity contribution is -0.122. The number of hydrogen-bond acceptors (Lipinski definition) is 3. The fourth-order valence-electron chi connectivity index (χ4n) is 2.48. The molecule has 25 heavy (non-hydrogen) atoms. The van der Waals surface area contributed by atoms with Gasteiger partial charge in [0, 0.05) is 11.4 Å². The van der Waals surface area contributed by atoms with Crippen LogP contribution in [0, 0.1) is 29.0 Å². The van der Waals surface area contributed by atoms with Crippen molar-refractivity contribution < 1.29 is 14.0 Å². The van der Waals surface area contributed by atoms with Gasteiger partial charge in [-0.1, -0.05) is 17.7 Å². The van der Waals surface area contributed by atoms with Crippen LogP contribution >= 0.6 is 11.6 Å². The van der Waals surface area contributed by atoms with Gasteiger partial charge in [0.25, 0.3) is 0 Å². The number of anilines is 2. The second-order valence-corrected chi connectivity index (χ2v) is 6.16. The van der Waals surface area contributed by atoms with E-state index in [4.69, 9.17) is 16.9 Å². The highest BCUT2D eigenvalue weighted by molar-refractivity contribution is 6.31. The van der Waals surface area contributed by atoms with Crippen molar-refractivity contribution in [2.24, 2.45) is 11.8 Å². The van der Waals surface area contributed by atoms with E-state index in [0.29, 0.717) is 23.4 Å². The molecule has 2 aromatic rings. The van der Waals surface area contributed by atoms with E-state index in [-0.39, 0.29) is 16.8 Å². The van der Waals surface area contributed by atoms with Crippen molar-refractivity contribution in [2.75, 3.05) is 10.6 Å². The maximum atomic E-state index is 13.1. The average Bonchev–Trinajstić information content (AvgIpc) is 3.39. The molecule has 1 fully saturated rings. The summed E-state index contributed by atoms with van der Waals surface area (Å²) in [5.74, 6) is -2.02. The highest BCUT2D eigenvalue weighted by atomic mass is 35.5. The molecule has 2 atom stereocenters. The molecule has 0 aliphatic heterocycles. The van der Waals surface area contributed by atoms with Gasteiger partial charge in [0.05, 0.1) is 28.5 Å². The van der Waals surface area contributed by atoms with E-state index < -0.39 is 17.7 Å². The summed E-state index contributed by atoms with van der Waals surface area (Å²) in [7, 11) is 0. The largest absolute Gasteiger partial charge is 0.326 e. The van der Waals surface area contributed by atoms with E-state index in [1.54, 1.807) is 24.3 Å². The first-order valence-corrected chi connectivity index (χ1v) is 7.92. The molecule has 2 unspecified atom stereocenters. The van der Waals surface area contributed by atoms with Crippen LogP contribution in [0.4, 0.5) is 15.8 Å². The van der Waals surface area contributed by atoms with Crippen LogP contribution in [0.5, 0.6) is 0 Å². The summed E-state index contributed by atoms with van der Waals surface area (Å²) in [6.07, 6.45) is 0.435. The van der Waals surface area contributed by atoms with Gasteiger partial charge in [-0.15, -0.1) is 0 Å². The molecule has 0 aromatic heterocycles. The van der Waals surface area contributed by atoms with Crippen LogP contribution in [0.1, 0.15) is 12.0 Å². The molecule has 0 saturated heterocycles. The fourth-order valence-corrected chi connectivity index (χ4v) is 2.67. The summed E-state index contributed by atoms with van der Waals surface area (Å²) >= 11 is 5.67. The molecule has 1 aliphatic carbocycles. The van der Waals surface area contributed by atoms with Gasteiger partial charge in [-0.05, 0) is 42.8 Å².